The third kappa shape index (κ3) is 6.89. The minimum Gasteiger partial charge on any atom is -0.465 e. The first-order chi connectivity index (χ1) is 8.89. The molecule has 0 saturated heterocycles. The van der Waals surface area contributed by atoms with E-state index in [-0.39, 0.29) is 18.2 Å². The third-order valence-electron chi connectivity index (χ3n) is 2.85. The summed E-state index contributed by atoms with van der Waals surface area (Å²) in [6.45, 7) is 11.2. The largest absolute Gasteiger partial charge is 0.465 e. The fourth-order valence-corrected chi connectivity index (χ4v) is 2.20. The summed E-state index contributed by atoms with van der Waals surface area (Å²) in [5.74, 6) is -0.230. The summed E-state index contributed by atoms with van der Waals surface area (Å²) >= 11 is 0. The van der Waals surface area contributed by atoms with E-state index in [1.807, 2.05) is 34.6 Å². The lowest BCUT2D eigenvalue weighted by molar-refractivity contribution is -0.153. The zero-order chi connectivity index (χ0) is 14.9. The second kappa shape index (κ2) is 9.28. The molecule has 19 heavy (non-hydrogen) atoms. The van der Waals surface area contributed by atoms with Crippen LogP contribution in [0.15, 0.2) is 0 Å². The predicted octanol–water partition coefficient (Wildman–Crippen LogP) is 1.75. The molecule has 0 bridgehead atoms. The molecule has 3 unspecified atom stereocenters. The van der Waals surface area contributed by atoms with Crippen molar-refractivity contribution in [2.75, 3.05) is 26.9 Å². The van der Waals surface area contributed by atoms with Gasteiger partial charge in [0.05, 0.1) is 25.4 Å². The van der Waals surface area contributed by atoms with E-state index in [1.54, 1.807) is 7.11 Å². The number of ether oxygens (including phenoxy) is 3. The van der Waals surface area contributed by atoms with Gasteiger partial charge in [0, 0.05) is 13.5 Å². The normalized spacial score (nSPS) is 17.6. The number of methoxy groups -OCH3 is 1. The average molecular weight is 275 g/mol. The van der Waals surface area contributed by atoms with Gasteiger partial charge < -0.3 is 19.5 Å². The van der Waals surface area contributed by atoms with E-state index >= 15 is 0 Å². The van der Waals surface area contributed by atoms with Gasteiger partial charge in [0.2, 0.25) is 0 Å². The summed E-state index contributed by atoms with van der Waals surface area (Å²) in [6, 6.07) is 0. The molecule has 0 aliphatic rings. The number of carbonyl (C=O) groups is 1. The van der Waals surface area contributed by atoms with Crippen molar-refractivity contribution in [2.24, 2.45) is 0 Å². The van der Waals surface area contributed by atoms with Crippen LogP contribution in [-0.4, -0.2) is 50.6 Å². The monoisotopic (exact) mass is 275 g/mol. The summed E-state index contributed by atoms with van der Waals surface area (Å²) in [4.78, 5) is 12.0. The summed E-state index contributed by atoms with van der Waals surface area (Å²) in [7, 11) is 1.64. The van der Waals surface area contributed by atoms with Crippen molar-refractivity contribution in [3.8, 4) is 0 Å². The van der Waals surface area contributed by atoms with Gasteiger partial charge in [-0.3, -0.25) is 4.79 Å². The second-order valence-corrected chi connectivity index (χ2v) is 5.00. The highest BCUT2D eigenvalue weighted by molar-refractivity contribution is 5.80. The Morgan fingerprint density at radius 1 is 1.26 bits per heavy atom. The summed E-state index contributed by atoms with van der Waals surface area (Å²) < 4.78 is 16.0. The molecule has 0 aliphatic carbocycles. The van der Waals surface area contributed by atoms with Crippen LogP contribution in [0.1, 0.15) is 41.0 Å². The molecule has 0 rings (SSSR count). The van der Waals surface area contributed by atoms with E-state index in [0.717, 1.165) is 0 Å². The van der Waals surface area contributed by atoms with Crippen molar-refractivity contribution in [1.82, 2.24) is 5.32 Å². The van der Waals surface area contributed by atoms with Crippen LogP contribution >= 0.6 is 0 Å². The van der Waals surface area contributed by atoms with Crippen molar-refractivity contribution >= 4 is 5.97 Å². The van der Waals surface area contributed by atoms with Crippen molar-refractivity contribution in [3.63, 3.8) is 0 Å². The third-order valence-corrected chi connectivity index (χ3v) is 2.85. The Labute approximate surface area is 117 Å². The van der Waals surface area contributed by atoms with Crippen LogP contribution in [0.2, 0.25) is 0 Å². The zero-order valence-electron chi connectivity index (χ0n) is 13.1. The molecule has 0 aromatic carbocycles. The number of esters is 1. The first-order valence-corrected chi connectivity index (χ1v) is 6.96. The summed E-state index contributed by atoms with van der Waals surface area (Å²) in [5.41, 5.74) is -0.711. The molecule has 5 nitrogen and oxygen atoms in total. The lowest BCUT2D eigenvalue weighted by atomic mass is 9.94. The molecule has 0 radical (unpaired) electrons. The number of likely N-dealkylation sites (N-methyl/N-ethyl adjacent to an activating group) is 1. The van der Waals surface area contributed by atoms with E-state index < -0.39 is 5.54 Å². The van der Waals surface area contributed by atoms with Gasteiger partial charge in [0.25, 0.3) is 0 Å². The molecule has 0 aromatic heterocycles. The van der Waals surface area contributed by atoms with E-state index in [1.165, 1.54) is 0 Å². The van der Waals surface area contributed by atoms with Gasteiger partial charge in [-0.2, -0.15) is 0 Å². The van der Waals surface area contributed by atoms with Crippen molar-refractivity contribution in [1.29, 1.82) is 0 Å². The maximum absolute atomic E-state index is 12.0. The highest BCUT2D eigenvalue weighted by atomic mass is 16.5. The van der Waals surface area contributed by atoms with Gasteiger partial charge >= 0.3 is 5.97 Å². The summed E-state index contributed by atoms with van der Waals surface area (Å²) in [5, 5.41) is 3.19. The van der Waals surface area contributed by atoms with E-state index in [2.05, 4.69) is 5.32 Å². The molecule has 0 saturated carbocycles. The molecule has 1 N–H and O–H groups in total. The number of hydrogen-bond donors (Lipinski definition) is 1. The van der Waals surface area contributed by atoms with Crippen molar-refractivity contribution < 1.29 is 19.0 Å². The Kier molecular flexibility index (Phi) is 8.97. The van der Waals surface area contributed by atoms with Gasteiger partial charge in [0.15, 0.2) is 0 Å². The zero-order valence-corrected chi connectivity index (χ0v) is 13.1. The molecule has 114 valence electrons. The molecule has 0 amide bonds. The van der Waals surface area contributed by atoms with E-state index in [4.69, 9.17) is 14.2 Å². The van der Waals surface area contributed by atoms with Gasteiger partial charge in [-0.1, -0.05) is 6.92 Å². The highest BCUT2D eigenvalue weighted by Crippen LogP contribution is 2.18. The summed E-state index contributed by atoms with van der Waals surface area (Å²) in [6.07, 6.45) is 0.514. The lowest BCUT2D eigenvalue weighted by Gasteiger charge is -2.31. The molecular weight excluding hydrogens is 246 g/mol. The van der Waals surface area contributed by atoms with Gasteiger partial charge in [-0.15, -0.1) is 0 Å². The topological polar surface area (TPSA) is 56.8 Å². The van der Waals surface area contributed by atoms with Crippen LogP contribution in [-0.2, 0) is 19.0 Å². The van der Waals surface area contributed by atoms with Gasteiger partial charge in [-0.25, -0.2) is 0 Å². The fraction of sp³-hybridized carbons (Fsp3) is 0.929. The Morgan fingerprint density at radius 3 is 2.37 bits per heavy atom. The van der Waals surface area contributed by atoms with Gasteiger partial charge in [0.1, 0.15) is 5.54 Å². The average Bonchev–Trinajstić information content (AvgIpc) is 2.29. The van der Waals surface area contributed by atoms with Crippen molar-refractivity contribution in [3.05, 3.63) is 0 Å². The van der Waals surface area contributed by atoms with Gasteiger partial charge in [-0.05, 0) is 34.2 Å². The Morgan fingerprint density at radius 2 is 1.89 bits per heavy atom. The number of nitrogens with one attached hydrogen (secondary N) is 1. The molecular formula is C14H29NO4. The molecule has 3 atom stereocenters. The molecule has 0 aromatic rings. The molecule has 0 aliphatic heterocycles. The van der Waals surface area contributed by atoms with Crippen LogP contribution in [0.5, 0.6) is 0 Å². The first kappa shape index (κ1) is 18.4. The van der Waals surface area contributed by atoms with Crippen LogP contribution < -0.4 is 5.32 Å². The fourth-order valence-electron chi connectivity index (χ4n) is 2.20. The quantitative estimate of drug-likeness (QED) is 0.616. The Bertz CT molecular complexity index is 260. The minimum atomic E-state index is -0.711. The smallest absolute Gasteiger partial charge is 0.326 e. The van der Waals surface area contributed by atoms with Crippen LogP contribution in [0.4, 0.5) is 0 Å². The number of hydrogen-bond acceptors (Lipinski definition) is 5. The predicted molar refractivity (Wildman–Crippen MR) is 75.2 cm³/mol. The molecule has 0 heterocycles. The maximum atomic E-state index is 12.0. The molecule has 0 fully saturated rings. The van der Waals surface area contributed by atoms with Crippen LogP contribution in [0, 0.1) is 0 Å². The van der Waals surface area contributed by atoms with Crippen molar-refractivity contribution in [2.45, 2.75) is 58.8 Å². The lowest BCUT2D eigenvalue weighted by Crippen LogP contribution is -2.52. The minimum absolute atomic E-state index is 0.00747. The maximum Gasteiger partial charge on any atom is 0.326 e. The number of carbonyl (C=O) groups excluding carboxylic acids is 1. The molecule has 5 heteroatoms. The Balaban J connectivity index is 4.51. The van der Waals surface area contributed by atoms with Crippen LogP contribution in [0.3, 0.4) is 0 Å². The highest BCUT2D eigenvalue weighted by Gasteiger charge is 2.35. The van der Waals surface area contributed by atoms with Crippen LogP contribution in [0.25, 0.3) is 0 Å². The number of rotatable bonds is 10. The second-order valence-electron chi connectivity index (χ2n) is 5.00. The SMILES string of the molecule is CCNC(C)(CC(C)OC(C)COC)C(=O)OCC. The standard InChI is InChI=1S/C14H29NO4/c1-7-15-14(5,13(16)18-8-2)9-11(3)19-12(4)10-17-6/h11-12,15H,7-10H2,1-6H3. The van der Waals surface area contributed by atoms with E-state index in [9.17, 15) is 4.79 Å². The first-order valence-electron chi connectivity index (χ1n) is 6.96. The molecule has 0 spiro atoms. The Hall–Kier alpha value is -0.650. The van der Waals surface area contributed by atoms with E-state index in [0.29, 0.717) is 26.2 Å².